The highest BCUT2D eigenvalue weighted by molar-refractivity contribution is 5.96. The van der Waals surface area contributed by atoms with Crippen LogP contribution in [0.2, 0.25) is 0 Å². The molecule has 178 valence electrons. The molecule has 3 heterocycles. The molecular weight excluding hydrogens is 426 g/mol. The first-order valence-electron chi connectivity index (χ1n) is 12.1. The number of amides is 1. The molecule has 3 aromatic rings. The summed E-state index contributed by atoms with van der Waals surface area (Å²) in [6, 6.07) is 17.4. The summed E-state index contributed by atoms with van der Waals surface area (Å²) in [5, 5.41) is 5.39. The molecule has 1 fully saturated rings. The number of anilines is 2. The monoisotopic (exact) mass is 459 g/mol. The Morgan fingerprint density at radius 2 is 1.88 bits per heavy atom. The van der Waals surface area contributed by atoms with Crippen LogP contribution in [0.15, 0.2) is 67.0 Å². The fourth-order valence-corrected chi connectivity index (χ4v) is 4.34. The van der Waals surface area contributed by atoms with E-state index < -0.39 is 0 Å². The van der Waals surface area contributed by atoms with Crippen LogP contribution in [0.1, 0.15) is 62.7 Å². The summed E-state index contributed by atoms with van der Waals surface area (Å²) in [5.74, 6) is 1.47. The van der Waals surface area contributed by atoms with Crippen LogP contribution in [0.25, 0.3) is 0 Å². The molecule has 0 bridgehead atoms. The zero-order valence-corrected chi connectivity index (χ0v) is 19.9. The maximum Gasteiger partial charge on any atom is 0.271 e. The van der Waals surface area contributed by atoms with Gasteiger partial charge in [-0.15, -0.1) is 0 Å². The summed E-state index contributed by atoms with van der Waals surface area (Å²) in [6.45, 7) is 4.38. The summed E-state index contributed by atoms with van der Waals surface area (Å²) in [7, 11) is 0. The maximum atomic E-state index is 13.3. The third-order valence-electron chi connectivity index (χ3n) is 6.17. The minimum atomic E-state index is -0.188. The molecule has 0 saturated carbocycles. The third kappa shape index (κ3) is 6.11. The molecule has 2 N–H and O–H groups in total. The number of piperidine rings is 1. The Kier molecular flexibility index (Phi) is 8.09. The van der Waals surface area contributed by atoms with Crippen molar-refractivity contribution in [2.24, 2.45) is 0 Å². The molecule has 2 unspecified atom stereocenters. The van der Waals surface area contributed by atoms with Crippen molar-refractivity contribution >= 4 is 17.4 Å². The SMILES string of the molecule is CCCCC1CCCC(C)N1NC(=O)c1cccnc1Oc1ccc(Nc2ccccn2)cc1. The van der Waals surface area contributed by atoms with Crippen molar-refractivity contribution in [2.45, 2.75) is 64.5 Å². The second-order valence-corrected chi connectivity index (χ2v) is 8.75. The number of hydrogen-bond donors (Lipinski definition) is 2. The normalized spacial score (nSPS) is 18.3. The minimum absolute atomic E-state index is 0.188. The van der Waals surface area contributed by atoms with E-state index in [1.165, 1.54) is 6.42 Å². The van der Waals surface area contributed by atoms with Gasteiger partial charge in [0.05, 0.1) is 0 Å². The number of carbonyl (C=O) groups excluding carboxylic acids is 1. The van der Waals surface area contributed by atoms with Crippen molar-refractivity contribution in [1.29, 1.82) is 0 Å². The van der Waals surface area contributed by atoms with E-state index in [-0.39, 0.29) is 5.91 Å². The first kappa shape index (κ1) is 23.7. The van der Waals surface area contributed by atoms with Gasteiger partial charge < -0.3 is 10.1 Å². The number of rotatable bonds is 9. The summed E-state index contributed by atoms with van der Waals surface area (Å²) in [6.07, 6.45) is 10.2. The molecule has 7 nitrogen and oxygen atoms in total. The quantitative estimate of drug-likeness (QED) is 0.403. The lowest BCUT2D eigenvalue weighted by atomic mass is 9.95. The van der Waals surface area contributed by atoms with E-state index in [1.54, 1.807) is 24.5 Å². The van der Waals surface area contributed by atoms with Gasteiger partial charge in [-0.25, -0.2) is 15.0 Å². The number of benzene rings is 1. The first-order valence-corrected chi connectivity index (χ1v) is 12.1. The average molecular weight is 460 g/mol. The Bertz CT molecular complexity index is 1060. The van der Waals surface area contributed by atoms with Crippen molar-refractivity contribution in [3.63, 3.8) is 0 Å². The van der Waals surface area contributed by atoms with Gasteiger partial charge in [0.25, 0.3) is 5.91 Å². The van der Waals surface area contributed by atoms with Gasteiger partial charge in [-0.05, 0) is 74.7 Å². The first-order chi connectivity index (χ1) is 16.6. The number of nitrogens with zero attached hydrogens (tertiary/aromatic N) is 3. The van der Waals surface area contributed by atoms with E-state index in [1.807, 2.05) is 42.5 Å². The topological polar surface area (TPSA) is 79.4 Å². The average Bonchev–Trinajstić information content (AvgIpc) is 2.86. The molecule has 4 rings (SSSR count). The smallest absolute Gasteiger partial charge is 0.271 e. The number of unbranched alkanes of at least 4 members (excludes halogenated alkanes) is 1. The van der Waals surface area contributed by atoms with Crippen LogP contribution in [0.4, 0.5) is 11.5 Å². The number of aromatic nitrogens is 2. The molecule has 1 aliphatic heterocycles. The number of pyridine rings is 2. The second-order valence-electron chi connectivity index (χ2n) is 8.75. The Balaban J connectivity index is 1.44. The molecule has 1 aromatic carbocycles. The van der Waals surface area contributed by atoms with Crippen LogP contribution in [0, 0.1) is 0 Å². The summed E-state index contributed by atoms with van der Waals surface area (Å²) in [4.78, 5) is 21.9. The number of ether oxygens (including phenoxy) is 1. The Hall–Kier alpha value is -3.45. The molecule has 0 aliphatic carbocycles. The van der Waals surface area contributed by atoms with Crippen LogP contribution in [-0.4, -0.2) is 33.0 Å². The fourth-order valence-electron chi connectivity index (χ4n) is 4.34. The van der Waals surface area contributed by atoms with E-state index in [0.717, 1.165) is 43.6 Å². The molecule has 2 atom stereocenters. The molecule has 7 heteroatoms. The van der Waals surface area contributed by atoms with Crippen molar-refractivity contribution in [2.75, 3.05) is 5.32 Å². The van der Waals surface area contributed by atoms with Crippen LogP contribution in [0.5, 0.6) is 11.6 Å². The predicted molar refractivity (Wildman–Crippen MR) is 134 cm³/mol. The Morgan fingerprint density at radius 3 is 2.65 bits per heavy atom. The fraction of sp³-hybridized carbons (Fsp3) is 0.370. The van der Waals surface area contributed by atoms with E-state index in [2.05, 4.69) is 39.6 Å². The van der Waals surface area contributed by atoms with Crippen LogP contribution >= 0.6 is 0 Å². The molecule has 1 saturated heterocycles. The minimum Gasteiger partial charge on any atom is -0.438 e. The van der Waals surface area contributed by atoms with Crippen LogP contribution < -0.4 is 15.5 Å². The van der Waals surface area contributed by atoms with E-state index >= 15 is 0 Å². The van der Waals surface area contributed by atoms with Gasteiger partial charge in [-0.1, -0.05) is 32.3 Å². The number of hydrazine groups is 1. The summed E-state index contributed by atoms with van der Waals surface area (Å²) < 4.78 is 6.01. The molecule has 0 radical (unpaired) electrons. The van der Waals surface area contributed by atoms with Crippen molar-refractivity contribution in [3.8, 4) is 11.6 Å². The highest BCUT2D eigenvalue weighted by Crippen LogP contribution is 2.27. The molecular formula is C27H33N5O2. The van der Waals surface area contributed by atoms with Gasteiger partial charge in [0.15, 0.2) is 0 Å². The molecule has 0 spiro atoms. The Morgan fingerprint density at radius 1 is 1.06 bits per heavy atom. The molecule has 2 aromatic heterocycles. The van der Waals surface area contributed by atoms with Gasteiger partial charge in [0.2, 0.25) is 5.88 Å². The van der Waals surface area contributed by atoms with Gasteiger partial charge in [-0.3, -0.25) is 10.2 Å². The largest absolute Gasteiger partial charge is 0.438 e. The van der Waals surface area contributed by atoms with Crippen molar-refractivity contribution in [3.05, 3.63) is 72.6 Å². The number of carbonyl (C=O) groups is 1. The molecule has 1 aliphatic rings. The van der Waals surface area contributed by atoms with Crippen molar-refractivity contribution < 1.29 is 9.53 Å². The standard InChI is InChI=1S/C27H33N5O2/c1-3-4-10-22-11-7-9-20(2)32(22)31-26(33)24-12-8-19-29-27(24)34-23-16-14-21(15-17-23)30-25-13-5-6-18-28-25/h5-6,8,12-20,22H,3-4,7,9-11H2,1-2H3,(H,28,30)(H,31,33). The van der Waals surface area contributed by atoms with Gasteiger partial charge in [0.1, 0.15) is 17.1 Å². The van der Waals surface area contributed by atoms with Crippen molar-refractivity contribution in [1.82, 2.24) is 20.4 Å². The number of hydrogen-bond acceptors (Lipinski definition) is 6. The lowest BCUT2D eigenvalue weighted by molar-refractivity contribution is 0.0272. The van der Waals surface area contributed by atoms with Gasteiger partial charge >= 0.3 is 0 Å². The van der Waals surface area contributed by atoms with Crippen LogP contribution in [-0.2, 0) is 0 Å². The second kappa shape index (κ2) is 11.6. The molecule has 34 heavy (non-hydrogen) atoms. The lowest BCUT2D eigenvalue weighted by Crippen LogP contribution is -2.55. The van der Waals surface area contributed by atoms with Crippen LogP contribution in [0.3, 0.4) is 0 Å². The number of nitrogens with one attached hydrogen (secondary N) is 2. The van der Waals surface area contributed by atoms with Gasteiger partial charge in [0, 0.05) is 30.2 Å². The summed E-state index contributed by atoms with van der Waals surface area (Å²) in [5.41, 5.74) is 4.48. The van der Waals surface area contributed by atoms with E-state index in [9.17, 15) is 4.79 Å². The highest BCUT2D eigenvalue weighted by Gasteiger charge is 2.29. The predicted octanol–water partition coefficient (Wildman–Crippen LogP) is 6.09. The Labute approximate surface area is 201 Å². The third-order valence-corrected chi connectivity index (χ3v) is 6.17. The zero-order chi connectivity index (χ0) is 23.8. The lowest BCUT2D eigenvalue weighted by Gasteiger charge is -2.40. The maximum absolute atomic E-state index is 13.3. The highest BCUT2D eigenvalue weighted by atomic mass is 16.5. The molecule has 1 amide bonds. The van der Waals surface area contributed by atoms with E-state index in [0.29, 0.717) is 29.3 Å². The van der Waals surface area contributed by atoms with Gasteiger partial charge in [-0.2, -0.15) is 0 Å². The van der Waals surface area contributed by atoms with E-state index in [4.69, 9.17) is 4.74 Å². The zero-order valence-electron chi connectivity index (χ0n) is 19.9. The summed E-state index contributed by atoms with van der Waals surface area (Å²) >= 11 is 0.